The molecule has 2 heterocycles. The van der Waals surface area contributed by atoms with Crippen molar-refractivity contribution in [2.45, 2.75) is 4.90 Å². The molecule has 4 aromatic rings. The number of hydrogen-bond donors (Lipinski definition) is 2. The van der Waals surface area contributed by atoms with Crippen LogP contribution in [0.25, 0.3) is 0 Å². The van der Waals surface area contributed by atoms with Crippen LogP contribution in [0.15, 0.2) is 111 Å². The fraction of sp³-hybridized carbons (Fsp3) is 0. The monoisotopic (exact) mass is 517 g/mol. The standard InChI is InChI=1S/C27H17F2N3O4S/c28-16-6-10-18(11-7-16)30-23-24(27(35)32(26(23)34)20-12-8-17(29)9-13-20)37-21-4-1-3-19(15-21)31-25(33)22-5-2-14-36-22/h1-15,30H,(H,31,33). The molecule has 0 fully saturated rings. The van der Waals surface area contributed by atoms with Gasteiger partial charge in [-0.2, -0.15) is 0 Å². The van der Waals surface area contributed by atoms with Crippen LogP contribution >= 0.6 is 11.8 Å². The first kappa shape index (κ1) is 24.0. The van der Waals surface area contributed by atoms with Gasteiger partial charge in [0.05, 0.1) is 12.0 Å². The summed E-state index contributed by atoms with van der Waals surface area (Å²) in [6.45, 7) is 0. The van der Waals surface area contributed by atoms with E-state index in [-0.39, 0.29) is 22.0 Å². The molecule has 2 N–H and O–H groups in total. The van der Waals surface area contributed by atoms with E-state index in [4.69, 9.17) is 4.42 Å². The second kappa shape index (κ2) is 10.1. The van der Waals surface area contributed by atoms with Crippen molar-refractivity contribution < 1.29 is 27.6 Å². The molecule has 0 atom stereocenters. The van der Waals surface area contributed by atoms with Crippen LogP contribution in [-0.4, -0.2) is 17.7 Å². The van der Waals surface area contributed by atoms with Crippen molar-refractivity contribution in [1.29, 1.82) is 0 Å². The number of imide groups is 1. The number of nitrogens with zero attached hydrogens (tertiary/aromatic N) is 1. The molecule has 1 aromatic heterocycles. The van der Waals surface area contributed by atoms with Crippen LogP contribution in [-0.2, 0) is 9.59 Å². The SMILES string of the molecule is O=C(Nc1cccc(SC2=C(Nc3ccc(F)cc3)C(=O)N(c3ccc(F)cc3)C2=O)c1)c1ccco1. The molecule has 1 aliphatic rings. The van der Waals surface area contributed by atoms with Crippen LogP contribution in [0.5, 0.6) is 0 Å². The predicted molar refractivity (Wildman–Crippen MR) is 135 cm³/mol. The summed E-state index contributed by atoms with van der Waals surface area (Å²) >= 11 is 1.02. The zero-order valence-corrected chi connectivity index (χ0v) is 19.7. The van der Waals surface area contributed by atoms with Crippen molar-refractivity contribution in [1.82, 2.24) is 0 Å². The first-order valence-electron chi connectivity index (χ1n) is 10.9. The first-order chi connectivity index (χ1) is 17.9. The minimum Gasteiger partial charge on any atom is -0.459 e. The number of anilines is 3. The summed E-state index contributed by atoms with van der Waals surface area (Å²) in [6.07, 6.45) is 1.39. The molecule has 10 heteroatoms. The first-order valence-corrected chi connectivity index (χ1v) is 11.7. The maximum absolute atomic E-state index is 13.5. The average molecular weight is 518 g/mol. The summed E-state index contributed by atoms with van der Waals surface area (Å²) in [4.78, 5) is 40.7. The molecule has 0 saturated carbocycles. The van der Waals surface area contributed by atoms with E-state index in [0.717, 1.165) is 28.8 Å². The zero-order valence-electron chi connectivity index (χ0n) is 18.9. The number of hydrogen-bond acceptors (Lipinski definition) is 6. The van der Waals surface area contributed by atoms with E-state index < -0.39 is 29.4 Å². The quantitative estimate of drug-likeness (QED) is 0.301. The number of carbonyl (C=O) groups is 3. The van der Waals surface area contributed by atoms with Gasteiger partial charge in [0, 0.05) is 16.3 Å². The van der Waals surface area contributed by atoms with Crippen molar-refractivity contribution in [2.75, 3.05) is 15.5 Å². The lowest BCUT2D eigenvalue weighted by Crippen LogP contribution is -2.32. The fourth-order valence-electron chi connectivity index (χ4n) is 3.57. The third-order valence-corrected chi connectivity index (χ3v) is 6.37. The van der Waals surface area contributed by atoms with Gasteiger partial charge in [-0.25, -0.2) is 13.7 Å². The molecule has 3 aromatic carbocycles. The predicted octanol–water partition coefficient (Wildman–Crippen LogP) is 5.80. The molecule has 0 radical (unpaired) electrons. The Morgan fingerprint density at radius 3 is 2.19 bits per heavy atom. The Morgan fingerprint density at radius 2 is 1.51 bits per heavy atom. The van der Waals surface area contributed by atoms with Crippen LogP contribution in [0.3, 0.4) is 0 Å². The molecule has 0 unspecified atom stereocenters. The number of thioether (sulfide) groups is 1. The number of carbonyl (C=O) groups excluding carboxylic acids is 3. The van der Waals surface area contributed by atoms with Gasteiger partial charge >= 0.3 is 0 Å². The van der Waals surface area contributed by atoms with E-state index in [9.17, 15) is 23.2 Å². The van der Waals surface area contributed by atoms with Gasteiger partial charge in [0.15, 0.2) is 5.76 Å². The molecule has 184 valence electrons. The lowest BCUT2D eigenvalue weighted by atomic mass is 10.2. The molecule has 1 aliphatic heterocycles. The Balaban J connectivity index is 1.46. The summed E-state index contributed by atoms with van der Waals surface area (Å²) in [5, 5.41) is 5.63. The smallest absolute Gasteiger partial charge is 0.291 e. The lowest BCUT2D eigenvalue weighted by Gasteiger charge is -2.15. The van der Waals surface area contributed by atoms with E-state index >= 15 is 0 Å². The van der Waals surface area contributed by atoms with Crippen LogP contribution in [0, 0.1) is 11.6 Å². The van der Waals surface area contributed by atoms with Gasteiger partial charge in [-0.05, 0) is 78.9 Å². The highest BCUT2D eigenvalue weighted by Crippen LogP contribution is 2.38. The van der Waals surface area contributed by atoms with E-state index in [0.29, 0.717) is 16.3 Å². The molecule has 0 aliphatic carbocycles. The molecule has 0 saturated heterocycles. The Hall–Kier alpha value is -4.70. The third-order valence-electron chi connectivity index (χ3n) is 5.30. The lowest BCUT2D eigenvalue weighted by molar-refractivity contribution is -0.120. The van der Waals surface area contributed by atoms with Crippen molar-refractivity contribution in [2.24, 2.45) is 0 Å². The maximum atomic E-state index is 13.5. The summed E-state index contributed by atoms with van der Waals surface area (Å²) in [7, 11) is 0. The number of furan rings is 1. The van der Waals surface area contributed by atoms with Gasteiger partial charge in [0.25, 0.3) is 17.7 Å². The minimum absolute atomic E-state index is 0.0176. The van der Waals surface area contributed by atoms with Crippen LogP contribution in [0.4, 0.5) is 25.8 Å². The number of rotatable bonds is 7. The molecular weight excluding hydrogens is 500 g/mol. The van der Waals surface area contributed by atoms with Crippen LogP contribution < -0.4 is 15.5 Å². The second-order valence-electron chi connectivity index (χ2n) is 7.82. The van der Waals surface area contributed by atoms with Gasteiger partial charge in [-0.1, -0.05) is 17.8 Å². The zero-order chi connectivity index (χ0) is 25.9. The highest BCUT2D eigenvalue weighted by Gasteiger charge is 2.40. The molecular formula is C27H17F2N3O4S. The summed E-state index contributed by atoms with van der Waals surface area (Å²) in [5.41, 5.74) is 1.03. The summed E-state index contributed by atoms with van der Waals surface area (Å²) < 4.78 is 32.0. The number of halogens is 2. The summed E-state index contributed by atoms with van der Waals surface area (Å²) in [6, 6.07) is 20.1. The summed E-state index contributed by atoms with van der Waals surface area (Å²) in [5.74, 6) is -2.53. The van der Waals surface area contributed by atoms with Gasteiger partial charge in [-0.15, -0.1) is 0 Å². The van der Waals surface area contributed by atoms with Crippen LogP contribution in [0.2, 0.25) is 0 Å². The van der Waals surface area contributed by atoms with Crippen molar-refractivity contribution in [3.63, 3.8) is 0 Å². The third kappa shape index (κ3) is 5.14. The van der Waals surface area contributed by atoms with E-state index in [1.807, 2.05) is 0 Å². The minimum atomic E-state index is -0.647. The van der Waals surface area contributed by atoms with Gasteiger partial charge in [-0.3, -0.25) is 14.4 Å². The molecule has 7 nitrogen and oxygen atoms in total. The second-order valence-corrected chi connectivity index (χ2v) is 8.90. The fourth-order valence-corrected chi connectivity index (χ4v) is 4.56. The van der Waals surface area contributed by atoms with E-state index in [1.54, 1.807) is 30.3 Å². The Morgan fingerprint density at radius 1 is 0.811 bits per heavy atom. The molecule has 5 rings (SSSR count). The van der Waals surface area contributed by atoms with Gasteiger partial charge in [0.2, 0.25) is 0 Å². The normalized spacial score (nSPS) is 13.3. The largest absolute Gasteiger partial charge is 0.459 e. The Labute approximate surface area is 213 Å². The maximum Gasteiger partial charge on any atom is 0.291 e. The highest BCUT2D eigenvalue weighted by atomic mass is 32.2. The molecule has 0 bridgehead atoms. The Bertz CT molecular complexity index is 1520. The highest BCUT2D eigenvalue weighted by molar-refractivity contribution is 8.04. The van der Waals surface area contributed by atoms with Crippen LogP contribution in [0.1, 0.15) is 10.6 Å². The molecule has 0 spiro atoms. The Kier molecular flexibility index (Phi) is 6.57. The number of nitrogens with one attached hydrogen (secondary N) is 2. The van der Waals surface area contributed by atoms with E-state index in [2.05, 4.69) is 10.6 Å². The van der Waals surface area contributed by atoms with Crippen molar-refractivity contribution in [3.8, 4) is 0 Å². The topological polar surface area (TPSA) is 91.7 Å². The molecule has 37 heavy (non-hydrogen) atoms. The van der Waals surface area contributed by atoms with Crippen molar-refractivity contribution in [3.05, 3.63) is 119 Å². The number of amides is 3. The van der Waals surface area contributed by atoms with Crippen molar-refractivity contribution >= 4 is 46.5 Å². The number of benzene rings is 3. The van der Waals surface area contributed by atoms with Gasteiger partial charge in [0.1, 0.15) is 22.2 Å². The average Bonchev–Trinajstić information content (AvgIpc) is 3.50. The molecule has 3 amide bonds. The van der Waals surface area contributed by atoms with E-state index in [1.165, 1.54) is 48.7 Å². The van der Waals surface area contributed by atoms with Gasteiger partial charge < -0.3 is 15.1 Å².